The van der Waals surface area contributed by atoms with E-state index in [0.29, 0.717) is 11.1 Å². The standard InChI is InChI=1S/C19H15ClN2O5/c1-27-19(26)12-8-6-11(7-9-12)10-22-17(24)15(20)16(18(22)25)21-13-4-2-3-5-14(13)23/h2-9,21,23H,10H2,1H3. The van der Waals surface area contributed by atoms with Gasteiger partial charge in [0.2, 0.25) is 0 Å². The molecule has 2 amide bonds. The number of amides is 2. The summed E-state index contributed by atoms with van der Waals surface area (Å²) in [6.07, 6.45) is 0. The largest absolute Gasteiger partial charge is 0.506 e. The summed E-state index contributed by atoms with van der Waals surface area (Å²) in [5.74, 6) is -1.80. The first-order valence-corrected chi connectivity index (χ1v) is 8.28. The number of carbonyl (C=O) groups is 3. The molecule has 0 aromatic heterocycles. The Morgan fingerprint density at radius 2 is 1.78 bits per heavy atom. The molecule has 27 heavy (non-hydrogen) atoms. The lowest BCUT2D eigenvalue weighted by Gasteiger charge is -2.15. The fourth-order valence-electron chi connectivity index (χ4n) is 2.56. The van der Waals surface area contributed by atoms with Gasteiger partial charge in [-0.3, -0.25) is 14.5 Å². The highest BCUT2D eigenvalue weighted by atomic mass is 35.5. The number of methoxy groups -OCH3 is 1. The fourth-order valence-corrected chi connectivity index (χ4v) is 2.79. The number of esters is 1. The van der Waals surface area contributed by atoms with E-state index in [4.69, 9.17) is 11.6 Å². The average Bonchev–Trinajstić information content (AvgIpc) is 2.87. The second-order valence-electron chi connectivity index (χ2n) is 5.72. The van der Waals surface area contributed by atoms with Gasteiger partial charge >= 0.3 is 5.97 Å². The molecule has 0 bridgehead atoms. The molecule has 1 heterocycles. The highest BCUT2D eigenvalue weighted by Gasteiger charge is 2.38. The topological polar surface area (TPSA) is 95.9 Å². The number of carbonyl (C=O) groups excluding carboxylic acids is 3. The van der Waals surface area contributed by atoms with Gasteiger partial charge in [-0.05, 0) is 29.8 Å². The third kappa shape index (κ3) is 3.63. The van der Waals surface area contributed by atoms with E-state index in [0.717, 1.165) is 4.90 Å². The number of para-hydroxylation sites is 2. The number of halogens is 1. The van der Waals surface area contributed by atoms with Crippen molar-refractivity contribution in [2.45, 2.75) is 6.54 Å². The first kappa shape index (κ1) is 18.5. The summed E-state index contributed by atoms with van der Waals surface area (Å²) in [6, 6.07) is 12.6. The second-order valence-corrected chi connectivity index (χ2v) is 6.09. The lowest BCUT2D eigenvalue weighted by atomic mass is 10.1. The van der Waals surface area contributed by atoms with Crippen LogP contribution in [0.5, 0.6) is 5.75 Å². The number of benzene rings is 2. The maximum Gasteiger partial charge on any atom is 0.337 e. The molecule has 0 unspecified atom stereocenters. The summed E-state index contributed by atoms with van der Waals surface area (Å²) in [5.41, 5.74) is 1.15. The maximum atomic E-state index is 12.6. The lowest BCUT2D eigenvalue weighted by molar-refractivity contribution is -0.138. The van der Waals surface area contributed by atoms with Crippen molar-refractivity contribution >= 4 is 35.1 Å². The van der Waals surface area contributed by atoms with E-state index in [1.54, 1.807) is 42.5 Å². The van der Waals surface area contributed by atoms with Crippen molar-refractivity contribution in [1.82, 2.24) is 4.90 Å². The Balaban J connectivity index is 1.77. The lowest BCUT2D eigenvalue weighted by Crippen LogP contribution is -2.31. The van der Waals surface area contributed by atoms with Crippen LogP contribution < -0.4 is 5.32 Å². The number of anilines is 1. The molecule has 138 valence electrons. The van der Waals surface area contributed by atoms with Gasteiger partial charge in [-0.2, -0.15) is 0 Å². The summed E-state index contributed by atoms with van der Waals surface area (Å²) in [7, 11) is 1.28. The number of aromatic hydroxyl groups is 1. The Hall–Kier alpha value is -3.32. The first-order chi connectivity index (χ1) is 12.9. The Morgan fingerprint density at radius 3 is 2.41 bits per heavy atom. The number of hydrogen-bond donors (Lipinski definition) is 2. The molecule has 7 nitrogen and oxygen atoms in total. The van der Waals surface area contributed by atoms with E-state index in [1.807, 2.05) is 0 Å². The van der Waals surface area contributed by atoms with E-state index < -0.39 is 17.8 Å². The predicted octanol–water partition coefficient (Wildman–Crippen LogP) is 2.61. The Labute approximate surface area is 159 Å². The monoisotopic (exact) mass is 386 g/mol. The molecule has 3 rings (SSSR count). The Kier molecular flexibility index (Phi) is 5.14. The van der Waals surface area contributed by atoms with Gasteiger partial charge in [-0.25, -0.2) is 4.79 Å². The molecule has 0 aliphatic carbocycles. The van der Waals surface area contributed by atoms with Gasteiger partial charge in [0, 0.05) is 0 Å². The van der Waals surface area contributed by atoms with Crippen LogP contribution in [0.15, 0.2) is 59.3 Å². The van der Waals surface area contributed by atoms with Gasteiger partial charge < -0.3 is 15.2 Å². The molecule has 1 aliphatic heterocycles. The minimum Gasteiger partial charge on any atom is -0.506 e. The van der Waals surface area contributed by atoms with Crippen molar-refractivity contribution in [1.29, 1.82) is 0 Å². The summed E-state index contributed by atoms with van der Waals surface area (Å²) in [6.45, 7) is -0.0126. The molecule has 8 heteroatoms. The molecule has 0 fully saturated rings. The summed E-state index contributed by atoms with van der Waals surface area (Å²) >= 11 is 6.03. The van der Waals surface area contributed by atoms with Crippen LogP contribution in [0, 0.1) is 0 Å². The third-order valence-corrected chi connectivity index (χ3v) is 4.34. The fraction of sp³-hybridized carbons (Fsp3) is 0.105. The van der Waals surface area contributed by atoms with Gasteiger partial charge in [0.05, 0.1) is 24.9 Å². The van der Waals surface area contributed by atoms with Crippen LogP contribution in [0.1, 0.15) is 15.9 Å². The van der Waals surface area contributed by atoms with E-state index in [-0.39, 0.29) is 28.7 Å². The van der Waals surface area contributed by atoms with E-state index in [9.17, 15) is 19.5 Å². The van der Waals surface area contributed by atoms with E-state index in [2.05, 4.69) is 10.1 Å². The molecule has 2 aromatic rings. The Morgan fingerprint density at radius 1 is 1.11 bits per heavy atom. The van der Waals surface area contributed by atoms with Gasteiger partial charge in [0.15, 0.2) is 0 Å². The van der Waals surface area contributed by atoms with Crippen molar-refractivity contribution in [2.75, 3.05) is 12.4 Å². The van der Waals surface area contributed by atoms with Crippen molar-refractivity contribution in [2.24, 2.45) is 0 Å². The molecule has 0 atom stereocenters. The molecule has 2 N–H and O–H groups in total. The summed E-state index contributed by atoms with van der Waals surface area (Å²) in [4.78, 5) is 37.4. The van der Waals surface area contributed by atoms with Crippen LogP contribution in [0.4, 0.5) is 5.69 Å². The van der Waals surface area contributed by atoms with Crippen molar-refractivity contribution in [3.8, 4) is 5.75 Å². The number of phenolic OH excluding ortho intramolecular Hbond substituents is 1. The van der Waals surface area contributed by atoms with Crippen LogP contribution in [0.25, 0.3) is 0 Å². The first-order valence-electron chi connectivity index (χ1n) is 7.90. The van der Waals surface area contributed by atoms with Crippen LogP contribution in [-0.2, 0) is 20.9 Å². The van der Waals surface area contributed by atoms with Gasteiger partial charge in [0.1, 0.15) is 16.5 Å². The van der Waals surface area contributed by atoms with Crippen molar-refractivity contribution in [3.63, 3.8) is 0 Å². The molecular formula is C19H15ClN2O5. The van der Waals surface area contributed by atoms with Crippen LogP contribution in [0.3, 0.4) is 0 Å². The molecule has 0 spiro atoms. The maximum absolute atomic E-state index is 12.6. The summed E-state index contributed by atoms with van der Waals surface area (Å²) in [5, 5.41) is 12.3. The van der Waals surface area contributed by atoms with Crippen molar-refractivity contribution in [3.05, 3.63) is 70.4 Å². The number of rotatable bonds is 5. The average molecular weight is 387 g/mol. The van der Waals surface area contributed by atoms with Gasteiger partial charge in [-0.15, -0.1) is 0 Å². The van der Waals surface area contributed by atoms with Crippen molar-refractivity contribution < 1.29 is 24.2 Å². The molecule has 0 saturated carbocycles. The minimum absolute atomic E-state index is 0.0126. The third-order valence-electron chi connectivity index (χ3n) is 3.99. The Bertz CT molecular complexity index is 953. The zero-order valence-electron chi connectivity index (χ0n) is 14.2. The number of phenols is 1. The molecular weight excluding hydrogens is 372 g/mol. The van der Waals surface area contributed by atoms with E-state index >= 15 is 0 Å². The van der Waals surface area contributed by atoms with Crippen LogP contribution in [-0.4, -0.2) is 34.9 Å². The number of hydrogen-bond acceptors (Lipinski definition) is 6. The SMILES string of the molecule is COC(=O)c1ccc(CN2C(=O)C(Cl)=C(Nc3ccccc3O)C2=O)cc1. The highest BCUT2D eigenvalue weighted by molar-refractivity contribution is 6.48. The van der Waals surface area contributed by atoms with Crippen LogP contribution in [0.2, 0.25) is 0 Å². The predicted molar refractivity (Wildman–Crippen MR) is 97.9 cm³/mol. The second kappa shape index (κ2) is 7.51. The zero-order valence-corrected chi connectivity index (χ0v) is 15.0. The van der Waals surface area contributed by atoms with E-state index in [1.165, 1.54) is 13.2 Å². The van der Waals surface area contributed by atoms with Gasteiger partial charge in [-0.1, -0.05) is 35.9 Å². The number of nitrogens with zero attached hydrogens (tertiary/aromatic N) is 1. The molecule has 1 aliphatic rings. The number of imide groups is 1. The van der Waals surface area contributed by atoms with Crippen LogP contribution >= 0.6 is 11.6 Å². The highest BCUT2D eigenvalue weighted by Crippen LogP contribution is 2.30. The van der Waals surface area contributed by atoms with Gasteiger partial charge in [0.25, 0.3) is 11.8 Å². The summed E-state index contributed by atoms with van der Waals surface area (Å²) < 4.78 is 4.63. The minimum atomic E-state index is -0.642. The smallest absolute Gasteiger partial charge is 0.337 e. The number of ether oxygens (including phenoxy) is 1. The molecule has 0 saturated heterocycles. The molecule has 2 aromatic carbocycles. The quantitative estimate of drug-likeness (QED) is 0.466. The zero-order chi connectivity index (χ0) is 19.6. The number of nitrogens with one attached hydrogen (secondary N) is 1. The molecule has 0 radical (unpaired) electrons. The normalized spacial score (nSPS) is 13.9.